The van der Waals surface area contributed by atoms with Gasteiger partial charge in [-0.3, -0.25) is 14.4 Å². The highest BCUT2D eigenvalue weighted by Crippen LogP contribution is 2.11. The maximum absolute atomic E-state index is 12.8. The van der Waals surface area contributed by atoms with Crippen molar-refractivity contribution in [2.45, 2.75) is 181 Å². The molecule has 350 valence electrons. The molecule has 6 nitrogen and oxygen atoms in total. The molecule has 0 heterocycles. The van der Waals surface area contributed by atoms with E-state index < -0.39 is 6.10 Å². The van der Waals surface area contributed by atoms with Gasteiger partial charge in [-0.25, -0.2) is 0 Å². The van der Waals surface area contributed by atoms with Crippen molar-refractivity contribution in [2.24, 2.45) is 0 Å². The van der Waals surface area contributed by atoms with Crippen LogP contribution in [0, 0.1) is 0 Å². The normalized spacial score (nSPS) is 13.4. The van der Waals surface area contributed by atoms with Crippen molar-refractivity contribution in [3.05, 3.63) is 146 Å². The second-order valence-electron chi connectivity index (χ2n) is 15.4. The lowest BCUT2D eigenvalue weighted by Gasteiger charge is -2.18. The van der Waals surface area contributed by atoms with E-state index in [1.54, 1.807) is 0 Å². The molecule has 63 heavy (non-hydrogen) atoms. The molecule has 0 amide bonds. The second-order valence-corrected chi connectivity index (χ2v) is 15.4. The molecule has 0 fully saturated rings. The molecule has 1 unspecified atom stereocenters. The molecule has 1 atom stereocenters. The number of hydrogen-bond acceptors (Lipinski definition) is 6. The van der Waals surface area contributed by atoms with Crippen molar-refractivity contribution in [1.29, 1.82) is 0 Å². The topological polar surface area (TPSA) is 78.9 Å². The Balaban J connectivity index is 4.55. The lowest BCUT2D eigenvalue weighted by molar-refractivity contribution is -0.167. The summed E-state index contributed by atoms with van der Waals surface area (Å²) in [6.45, 7) is 6.13. The van der Waals surface area contributed by atoms with Gasteiger partial charge in [0.05, 0.1) is 0 Å². The Hall–Kier alpha value is -4.71. The summed E-state index contributed by atoms with van der Waals surface area (Å²) in [5.41, 5.74) is 0. The summed E-state index contributed by atoms with van der Waals surface area (Å²) in [7, 11) is 0. The lowest BCUT2D eigenvalue weighted by Crippen LogP contribution is -2.30. The predicted molar refractivity (Wildman–Crippen MR) is 269 cm³/mol. The van der Waals surface area contributed by atoms with E-state index in [-0.39, 0.29) is 37.5 Å². The zero-order valence-electron chi connectivity index (χ0n) is 39.8. The van der Waals surface area contributed by atoms with Gasteiger partial charge in [0.25, 0.3) is 0 Å². The summed E-state index contributed by atoms with van der Waals surface area (Å²) in [5.74, 6) is -1.03. The maximum Gasteiger partial charge on any atom is 0.306 e. The first-order chi connectivity index (χ1) is 31.0. The zero-order chi connectivity index (χ0) is 45.8. The van der Waals surface area contributed by atoms with E-state index >= 15 is 0 Å². The molecule has 0 aromatic carbocycles. The molecule has 0 saturated carbocycles. The number of hydrogen-bond donors (Lipinski definition) is 0. The highest BCUT2D eigenvalue weighted by Gasteiger charge is 2.19. The van der Waals surface area contributed by atoms with Crippen molar-refractivity contribution in [3.8, 4) is 0 Å². The SMILES string of the molecule is CC/C=C/C=C/C=C/C=C/CCCCCC(=O)OC(COC(=O)CCCCC/C=C/C/C=C/C/C=C/C/C=C/C/C=C/CC)COC(=O)CCCCCCC/C=C/C=C/C=C/CC. The summed E-state index contributed by atoms with van der Waals surface area (Å²) in [4.78, 5) is 37.9. The Morgan fingerprint density at radius 2 is 0.651 bits per heavy atom. The molecule has 0 bridgehead atoms. The average molecular weight is 867 g/mol. The fourth-order valence-electron chi connectivity index (χ4n) is 5.89. The lowest BCUT2D eigenvalue weighted by atomic mass is 10.1. The Bertz CT molecular complexity index is 1460. The molecule has 0 aliphatic rings. The quantitative estimate of drug-likeness (QED) is 0.0200. The molecular weight excluding hydrogens is 781 g/mol. The van der Waals surface area contributed by atoms with Gasteiger partial charge in [0, 0.05) is 19.3 Å². The molecule has 6 heteroatoms. The number of ether oxygens (including phenoxy) is 3. The maximum atomic E-state index is 12.8. The van der Waals surface area contributed by atoms with Gasteiger partial charge in [-0.1, -0.05) is 199 Å². The van der Waals surface area contributed by atoms with Gasteiger partial charge in [-0.05, 0) is 103 Å². The third kappa shape index (κ3) is 48.2. The van der Waals surface area contributed by atoms with Gasteiger partial charge in [0.15, 0.2) is 6.10 Å². The monoisotopic (exact) mass is 867 g/mol. The van der Waals surface area contributed by atoms with Gasteiger partial charge < -0.3 is 14.2 Å². The first-order valence-electron chi connectivity index (χ1n) is 24.4. The van der Waals surface area contributed by atoms with Crippen LogP contribution in [0.3, 0.4) is 0 Å². The minimum absolute atomic E-state index is 0.123. The predicted octanol–water partition coefficient (Wildman–Crippen LogP) is 16.1. The first kappa shape index (κ1) is 58.3. The molecule has 0 rings (SSSR count). The summed E-state index contributed by atoms with van der Waals surface area (Å²) >= 11 is 0. The summed E-state index contributed by atoms with van der Waals surface area (Å²) in [5, 5.41) is 0. The number of carbonyl (C=O) groups excluding carboxylic acids is 3. The zero-order valence-corrected chi connectivity index (χ0v) is 39.8. The van der Waals surface area contributed by atoms with E-state index in [4.69, 9.17) is 14.2 Å². The minimum atomic E-state index is -0.826. The average Bonchev–Trinajstić information content (AvgIpc) is 3.28. The Kier molecular flexibility index (Phi) is 46.2. The molecule has 0 aliphatic heterocycles. The van der Waals surface area contributed by atoms with E-state index in [2.05, 4.69) is 124 Å². The van der Waals surface area contributed by atoms with Crippen LogP contribution in [0.1, 0.15) is 175 Å². The van der Waals surface area contributed by atoms with E-state index in [1.165, 1.54) is 0 Å². The van der Waals surface area contributed by atoms with Crippen LogP contribution in [0.5, 0.6) is 0 Å². The summed E-state index contributed by atoms with van der Waals surface area (Å²) < 4.78 is 16.7. The van der Waals surface area contributed by atoms with Gasteiger partial charge in [-0.15, -0.1) is 0 Å². The summed E-state index contributed by atoms with van der Waals surface area (Å²) in [6, 6.07) is 0. The van der Waals surface area contributed by atoms with E-state index in [1.807, 2.05) is 42.5 Å². The molecule has 0 aromatic heterocycles. The highest BCUT2D eigenvalue weighted by atomic mass is 16.6. The van der Waals surface area contributed by atoms with Crippen molar-refractivity contribution >= 4 is 17.9 Å². The van der Waals surface area contributed by atoms with E-state index in [9.17, 15) is 14.4 Å². The molecule has 0 spiro atoms. The fourth-order valence-corrected chi connectivity index (χ4v) is 5.89. The molecule has 0 radical (unpaired) electrons. The molecule has 0 saturated heterocycles. The van der Waals surface area contributed by atoms with Crippen LogP contribution in [-0.4, -0.2) is 37.2 Å². The van der Waals surface area contributed by atoms with E-state index in [0.717, 1.165) is 128 Å². The standard InChI is InChI=1S/C57H86O6/c1-4-7-10-13-16-19-22-25-26-27-28-29-30-33-35-38-41-44-47-50-56(59)62-53-54(63-57(60)51-48-45-42-39-36-32-24-21-18-15-12-9-6-3)52-61-55(58)49-46-43-40-37-34-31-23-20-17-14-11-8-5-2/h7-12,14-21,23-26,28-29,32-33,35-36,54H,4-6,13,22,27,30-31,34,37-53H2,1-3H3/b10-7+,11-8+,12-9+,17-14+,18-15+,19-16+,23-20+,24-21+,26-25+,29-28+,35-33+,36-32+. The molecule has 0 N–H and O–H groups in total. The van der Waals surface area contributed by atoms with Gasteiger partial charge >= 0.3 is 17.9 Å². The smallest absolute Gasteiger partial charge is 0.306 e. The first-order valence-corrected chi connectivity index (χ1v) is 24.4. The number of rotatable bonds is 41. The Morgan fingerprint density at radius 3 is 1.10 bits per heavy atom. The van der Waals surface area contributed by atoms with Crippen LogP contribution in [0.25, 0.3) is 0 Å². The van der Waals surface area contributed by atoms with Crippen molar-refractivity contribution in [2.75, 3.05) is 13.2 Å². The number of carbonyl (C=O) groups is 3. The van der Waals surface area contributed by atoms with Crippen molar-refractivity contribution < 1.29 is 28.6 Å². The van der Waals surface area contributed by atoms with Crippen LogP contribution in [-0.2, 0) is 28.6 Å². The fraction of sp³-hybridized carbons (Fsp3) is 0.526. The number of esters is 3. The van der Waals surface area contributed by atoms with E-state index in [0.29, 0.717) is 19.3 Å². The van der Waals surface area contributed by atoms with Crippen LogP contribution in [0.2, 0.25) is 0 Å². The van der Waals surface area contributed by atoms with Crippen molar-refractivity contribution in [3.63, 3.8) is 0 Å². The number of allylic oxidation sites excluding steroid dienone is 24. The van der Waals surface area contributed by atoms with Crippen LogP contribution in [0.15, 0.2) is 146 Å². The number of unbranched alkanes of at least 4 members (excludes halogenated alkanes) is 11. The molecule has 0 aliphatic carbocycles. The van der Waals surface area contributed by atoms with Crippen molar-refractivity contribution in [1.82, 2.24) is 0 Å². The van der Waals surface area contributed by atoms with Crippen LogP contribution >= 0.6 is 0 Å². The van der Waals surface area contributed by atoms with Gasteiger partial charge in [-0.2, -0.15) is 0 Å². The van der Waals surface area contributed by atoms with Gasteiger partial charge in [0.2, 0.25) is 0 Å². The molecular formula is C57H86O6. The summed E-state index contributed by atoms with van der Waals surface area (Å²) in [6.07, 6.45) is 71.2. The van der Waals surface area contributed by atoms with Crippen LogP contribution < -0.4 is 0 Å². The van der Waals surface area contributed by atoms with Crippen LogP contribution in [0.4, 0.5) is 0 Å². The minimum Gasteiger partial charge on any atom is -0.462 e. The highest BCUT2D eigenvalue weighted by molar-refractivity contribution is 5.71. The molecule has 0 aromatic rings. The van der Waals surface area contributed by atoms with Gasteiger partial charge in [0.1, 0.15) is 13.2 Å². The Labute approximate surface area is 385 Å². The second kappa shape index (κ2) is 49.9. The Morgan fingerprint density at radius 1 is 0.333 bits per heavy atom. The third-order valence-electron chi connectivity index (χ3n) is 9.48. The third-order valence-corrected chi connectivity index (χ3v) is 9.48. The largest absolute Gasteiger partial charge is 0.462 e.